The van der Waals surface area contributed by atoms with Crippen molar-refractivity contribution in [2.45, 2.75) is 12.5 Å². The number of benzene rings is 2. The molecule has 0 fully saturated rings. The molecule has 0 aliphatic rings. The lowest BCUT2D eigenvalue weighted by Crippen LogP contribution is -2.15. The highest BCUT2D eigenvalue weighted by Crippen LogP contribution is 2.29. The molecule has 0 saturated heterocycles. The number of hydrogen-bond donors (Lipinski definition) is 1. The molecule has 2 aromatic rings. The maximum atomic E-state index is 13.1. The third-order valence-corrected chi connectivity index (χ3v) is 4.63. The lowest BCUT2D eigenvalue weighted by molar-refractivity contribution is 0.622. The zero-order valence-corrected chi connectivity index (χ0v) is 13.5. The van der Waals surface area contributed by atoms with E-state index in [0.29, 0.717) is 16.5 Å². The predicted molar refractivity (Wildman–Crippen MR) is 86.2 cm³/mol. The van der Waals surface area contributed by atoms with E-state index in [2.05, 4.69) is 22.6 Å². The average Bonchev–Trinajstić information content (AvgIpc) is 2.34. The van der Waals surface area contributed by atoms with E-state index in [1.807, 2.05) is 12.1 Å². The first-order valence-corrected chi connectivity index (χ1v) is 7.46. The zero-order chi connectivity index (χ0) is 14.0. The van der Waals surface area contributed by atoms with E-state index in [-0.39, 0.29) is 11.9 Å². The molecule has 0 heterocycles. The molecule has 5 heteroatoms. The molecule has 0 aromatic heterocycles. The summed E-state index contributed by atoms with van der Waals surface area (Å²) in [5.74, 6) is -0.263. The van der Waals surface area contributed by atoms with Crippen molar-refractivity contribution in [3.63, 3.8) is 0 Å². The summed E-state index contributed by atoms with van der Waals surface area (Å²) < 4.78 is 13.9. The van der Waals surface area contributed by atoms with Crippen molar-refractivity contribution in [2.24, 2.45) is 5.73 Å². The Hall–Kier alpha value is -0.360. The number of rotatable bonds is 3. The Kier molecular flexibility index (Phi) is 5.06. The van der Waals surface area contributed by atoms with Gasteiger partial charge in [-0.15, -0.1) is 0 Å². The Labute approximate surface area is 135 Å². The molecule has 1 atom stereocenters. The number of halogens is 4. The summed E-state index contributed by atoms with van der Waals surface area (Å²) in [5, 5.41) is 1.04. The van der Waals surface area contributed by atoms with Crippen LogP contribution in [-0.4, -0.2) is 0 Å². The first-order chi connectivity index (χ1) is 8.99. The van der Waals surface area contributed by atoms with Crippen LogP contribution in [0.1, 0.15) is 17.2 Å². The summed E-state index contributed by atoms with van der Waals surface area (Å²) >= 11 is 14.2. The SMILES string of the molecule is NC(Cc1cccc(Cl)c1Cl)c1ccc(F)cc1I. The number of hydrogen-bond acceptors (Lipinski definition) is 1. The quantitative estimate of drug-likeness (QED) is 0.711. The minimum Gasteiger partial charge on any atom is -0.324 e. The minimum absolute atomic E-state index is 0.247. The second-order valence-corrected chi connectivity index (χ2v) is 6.14. The van der Waals surface area contributed by atoms with E-state index in [1.165, 1.54) is 12.1 Å². The van der Waals surface area contributed by atoms with Gasteiger partial charge in [-0.3, -0.25) is 0 Å². The second kappa shape index (κ2) is 6.39. The van der Waals surface area contributed by atoms with Crippen molar-refractivity contribution >= 4 is 45.8 Å². The fourth-order valence-electron chi connectivity index (χ4n) is 1.86. The van der Waals surface area contributed by atoms with Crippen molar-refractivity contribution in [2.75, 3.05) is 0 Å². The maximum Gasteiger partial charge on any atom is 0.124 e. The van der Waals surface area contributed by atoms with Gasteiger partial charge in [-0.1, -0.05) is 41.4 Å². The van der Waals surface area contributed by atoms with E-state index in [0.717, 1.165) is 14.7 Å². The maximum absolute atomic E-state index is 13.1. The molecule has 2 N–H and O–H groups in total. The van der Waals surface area contributed by atoms with Gasteiger partial charge in [-0.05, 0) is 58.3 Å². The Morgan fingerprint density at radius 3 is 2.63 bits per heavy atom. The second-order valence-electron chi connectivity index (χ2n) is 4.19. The highest BCUT2D eigenvalue weighted by atomic mass is 127. The van der Waals surface area contributed by atoms with E-state index < -0.39 is 0 Å². The monoisotopic (exact) mass is 409 g/mol. The molecule has 1 nitrogen and oxygen atoms in total. The number of nitrogens with two attached hydrogens (primary N) is 1. The molecule has 0 amide bonds. The van der Waals surface area contributed by atoms with E-state index in [9.17, 15) is 4.39 Å². The molecule has 2 rings (SSSR count). The van der Waals surface area contributed by atoms with Crippen molar-refractivity contribution in [3.05, 3.63) is 67.0 Å². The van der Waals surface area contributed by atoms with E-state index >= 15 is 0 Å². The van der Waals surface area contributed by atoms with Gasteiger partial charge in [0.25, 0.3) is 0 Å². The van der Waals surface area contributed by atoms with Crippen LogP contribution in [0.25, 0.3) is 0 Å². The third kappa shape index (κ3) is 3.60. The summed E-state index contributed by atoms with van der Waals surface area (Å²) in [5.41, 5.74) is 7.96. The summed E-state index contributed by atoms with van der Waals surface area (Å²) in [7, 11) is 0. The molecule has 100 valence electrons. The van der Waals surface area contributed by atoms with Crippen molar-refractivity contribution in [1.29, 1.82) is 0 Å². The van der Waals surface area contributed by atoms with Crippen LogP contribution < -0.4 is 5.73 Å². The Morgan fingerprint density at radius 1 is 1.21 bits per heavy atom. The average molecular weight is 410 g/mol. The van der Waals surface area contributed by atoms with Crippen LogP contribution in [-0.2, 0) is 6.42 Å². The summed E-state index contributed by atoms with van der Waals surface area (Å²) in [4.78, 5) is 0. The Bertz CT molecular complexity index is 604. The van der Waals surface area contributed by atoms with E-state index in [4.69, 9.17) is 28.9 Å². The molecule has 0 aliphatic heterocycles. The summed E-state index contributed by atoms with van der Waals surface area (Å²) in [6.45, 7) is 0. The lowest BCUT2D eigenvalue weighted by Gasteiger charge is -2.15. The van der Waals surface area contributed by atoms with Gasteiger partial charge in [0, 0.05) is 9.61 Å². The Balaban J connectivity index is 2.25. The van der Waals surface area contributed by atoms with Crippen molar-refractivity contribution in [1.82, 2.24) is 0 Å². The topological polar surface area (TPSA) is 26.0 Å². The van der Waals surface area contributed by atoms with Crippen LogP contribution >= 0.6 is 45.8 Å². The van der Waals surface area contributed by atoms with Crippen LogP contribution in [0.3, 0.4) is 0 Å². The van der Waals surface area contributed by atoms with Gasteiger partial charge in [0.05, 0.1) is 10.0 Å². The largest absolute Gasteiger partial charge is 0.324 e. The molecular formula is C14H11Cl2FIN. The summed E-state index contributed by atoms with van der Waals surface area (Å²) in [6, 6.07) is 9.81. The van der Waals surface area contributed by atoms with Crippen LogP contribution in [0.15, 0.2) is 36.4 Å². The molecule has 0 saturated carbocycles. The highest BCUT2D eigenvalue weighted by molar-refractivity contribution is 14.1. The zero-order valence-electron chi connectivity index (χ0n) is 9.84. The summed E-state index contributed by atoms with van der Waals surface area (Å²) in [6.07, 6.45) is 0.557. The first-order valence-electron chi connectivity index (χ1n) is 5.62. The molecular weight excluding hydrogens is 399 g/mol. The fraction of sp³-hybridized carbons (Fsp3) is 0.143. The molecule has 1 unspecified atom stereocenters. The highest BCUT2D eigenvalue weighted by Gasteiger charge is 2.14. The smallest absolute Gasteiger partial charge is 0.124 e. The fourth-order valence-corrected chi connectivity index (χ4v) is 3.13. The van der Waals surface area contributed by atoms with Gasteiger partial charge >= 0.3 is 0 Å². The standard InChI is InChI=1S/C14H11Cl2FIN/c15-11-3-1-2-8(14(11)16)6-13(19)10-5-4-9(17)7-12(10)18/h1-5,7,13H,6,19H2. The van der Waals surface area contributed by atoms with Gasteiger partial charge in [-0.25, -0.2) is 4.39 Å². The van der Waals surface area contributed by atoms with Crippen molar-refractivity contribution in [3.8, 4) is 0 Å². The molecule has 0 bridgehead atoms. The first kappa shape index (κ1) is 15.0. The molecule has 2 aromatic carbocycles. The van der Waals surface area contributed by atoms with Crippen LogP contribution in [0.2, 0.25) is 10.0 Å². The van der Waals surface area contributed by atoms with Crippen molar-refractivity contribution < 1.29 is 4.39 Å². The van der Waals surface area contributed by atoms with Crippen LogP contribution in [0, 0.1) is 9.39 Å². The van der Waals surface area contributed by atoms with Crippen LogP contribution in [0.5, 0.6) is 0 Å². The van der Waals surface area contributed by atoms with Gasteiger partial charge in [0.15, 0.2) is 0 Å². The molecule has 0 aliphatic carbocycles. The predicted octanol–water partition coefficient (Wildman–Crippen LogP) is 4.98. The van der Waals surface area contributed by atoms with Gasteiger partial charge in [0.1, 0.15) is 5.82 Å². The van der Waals surface area contributed by atoms with Crippen LogP contribution in [0.4, 0.5) is 4.39 Å². The van der Waals surface area contributed by atoms with Gasteiger partial charge < -0.3 is 5.73 Å². The van der Waals surface area contributed by atoms with E-state index in [1.54, 1.807) is 12.1 Å². The van der Waals surface area contributed by atoms with Gasteiger partial charge in [-0.2, -0.15) is 0 Å². The Morgan fingerprint density at radius 2 is 1.95 bits per heavy atom. The van der Waals surface area contributed by atoms with Gasteiger partial charge in [0.2, 0.25) is 0 Å². The molecule has 0 radical (unpaired) electrons. The molecule has 0 spiro atoms. The molecule has 19 heavy (non-hydrogen) atoms. The lowest BCUT2D eigenvalue weighted by atomic mass is 10.00. The third-order valence-electron chi connectivity index (χ3n) is 2.83. The normalized spacial score (nSPS) is 12.5. The minimum atomic E-state index is -0.263.